The summed E-state index contributed by atoms with van der Waals surface area (Å²) in [6.45, 7) is 2.21. The van der Waals surface area contributed by atoms with Gasteiger partial charge in [0.2, 0.25) is 0 Å². The molecule has 0 radical (unpaired) electrons. The molecule has 0 bridgehead atoms. The molecule has 3 rings (SSSR count). The summed E-state index contributed by atoms with van der Waals surface area (Å²) in [4.78, 5) is 1.21. The topological polar surface area (TPSA) is 40.7 Å². The summed E-state index contributed by atoms with van der Waals surface area (Å²) in [6, 6.07) is 4.31. The van der Waals surface area contributed by atoms with Crippen LogP contribution in [0, 0.1) is 0 Å². The number of halogens is 1. The summed E-state index contributed by atoms with van der Waals surface area (Å²) in [5.74, 6) is 0.591. The molecule has 1 atom stereocenters. The van der Waals surface area contributed by atoms with Crippen molar-refractivity contribution in [2.75, 3.05) is 13.1 Å². The number of aromatic nitrogens is 2. The maximum absolute atomic E-state index is 4.41. The zero-order chi connectivity index (χ0) is 11.7. The lowest BCUT2D eigenvalue weighted by molar-refractivity contribution is 0.454. The summed E-state index contributed by atoms with van der Waals surface area (Å²) < 4.78 is 1.13. The first-order valence-corrected chi connectivity index (χ1v) is 7.50. The highest BCUT2D eigenvalue weighted by molar-refractivity contribution is 9.10. The number of nitrogens with one attached hydrogen (secondary N) is 2. The number of nitrogens with zero attached hydrogens (tertiary/aromatic N) is 1. The van der Waals surface area contributed by atoms with Crippen LogP contribution in [0.1, 0.15) is 24.5 Å². The lowest BCUT2D eigenvalue weighted by Gasteiger charge is -2.21. The zero-order valence-corrected chi connectivity index (χ0v) is 11.8. The van der Waals surface area contributed by atoms with Gasteiger partial charge >= 0.3 is 0 Å². The third-order valence-electron chi connectivity index (χ3n) is 3.15. The number of aromatic amines is 1. The molecule has 90 valence electrons. The Morgan fingerprint density at radius 1 is 1.41 bits per heavy atom. The minimum atomic E-state index is 0.591. The van der Waals surface area contributed by atoms with Crippen LogP contribution in [0.2, 0.25) is 0 Å². The highest BCUT2D eigenvalue weighted by Crippen LogP contribution is 2.31. The normalized spacial score (nSPS) is 20.6. The first kappa shape index (κ1) is 11.4. The second-order valence-corrected chi connectivity index (χ2v) is 6.21. The maximum Gasteiger partial charge on any atom is 0.102 e. The second kappa shape index (κ2) is 4.92. The fourth-order valence-corrected chi connectivity index (χ4v) is 3.63. The fraction of sp³-hybridized carbons (Fsp3) is 0.417. The number of thiophene rings is 1. The van der Waals surface area contributed by atoms with Gasteiger partial charge in [0.1, 0.15) is 5.69 Å². The van der Waals surface area contributed by atoms with Gasteiger partial charge in [0.15, 0.2) is 0 Å². The molecule has 1 unspecified atom stereocenters. The lowest BCUT2D eigenvalue weighted by atomic mass is 9.96. The van der Waals surface area contributed by atoms with Crippen molar-refractivity contribution in [3.8, 4) is 10.6 Å². The summed E-state index contributed by atoms with van der Waals surface area (Å²) in [5, 5.41) is 13.1. The molecule has 2 N–H and O–H groups in total. The average molecular weight is 312 g/mol. The van der Waals surface area contributed by atoms with E-state index in [0.29, 0.717) is 5.92 Å². The van der Waals surface area contributed by atoms with Crippen molar-refractivity contribution in [2.24, 2.45) is 0 Å². The van der Waals surface area contributed by atoms with Crippen LogP contribution < -0.4 is 5.32 Å². The first-order chi connectivity index (χ1) is 8.33. The lowest BCUT2D eigenvalue weighted by Crippen LogP contribution is -2.28. The van der Waals surface area contributed by atoms with Crippen LogP contribution in [0.25, 0.3) is 10.6 Å². The maximum atomic E-state index is 4.41. The smallest absolute Gasteiger partial charge is 0.102 e. The van der Waals surface area contributed by atoms with E-state index < -0.39 is 0 Å². The van der Waals surface area contributed by atoms with Gasteiger partial charge in [0.05, 0.1) is 4.88 Å². The molecule has 17 heavy (non-hydrogen) atoms. The largest absolute Gasteiger partial charge is 0.316 e. The Hall–Kier alpha value is -0.650. The van der Waals surface area contributed by atoms with Crippen LogP contribution >= 0.6 is 27.3 Å². The Balaban J connectivity index is 1.82. The molecule has 2 aromatic heterocycles. The van der Waals surface area contributed by atoms with E-state index in [4.69, 9.17) is 0 Å². The van der Waals surface area contributed by atoms with Gasteiger partial charge in [-0.1, -0.05) is 0 Å². The molecular formula is C12H14BrN3S. The van der Waals surface area contributed by atoms with E-state index >= 15 is 0 Å². The Morgan fingerprint density at radius 2 is 2.35 bits per heavy atom. The van der Waals surface area contributed by atoms with Crippen molar-refractivity contribution in [3.63, 3.8) is 0 Å². The van der Waals surface area contributed by atoms with Crippen molar-refractivity contribution < 1.29 is 0 Å². The van der Waals surface area contributed by atoms with E-state index in [0.717, 1.165) is 23.3 Å². The van der Waals surface area contributed by atoms with Gasteiger partial charge in [-0.3, -0.25) is 5.10 Å². The molecular weight excluding hydrogens is 298 g/mol. The molecule has 0 aliphatic carbocycles. The molecule has 1 fully saturated rings. The Labute approximate surface area is 113 Å². The van der Waals surface area contributed by atoms with Crippen molar-refractivity contribution in [1.82, 2.24) is 15.5 Å². The summed E-state index contributed by atoms with van der Waals surface area (Å²) in [5.41, 5.74) is 2.32. The van der Waals surface area contributed by atoms with Gasteiger partial charge in [-0.15, -0.1) is 11.3 Å². The summed E-state index contributed by atoms with van der Waals surface area (Å²) in [7, 11) is 0. The van der Waals surface area contributed by atoms with Crippen LogP contribution in [0.4, 0.5) is 0 Å². The van der Waals surface area contributed by atoms with E-state index in [-0.39, 0.29) is 0 Å². The summed E-state index contributed by atoms with van der Waals surface area (Å²) >= 11 is 5.19. The van der Waals surface area contributed by atoms with Gasteiger partial charge in [0, 0.05) is 28.0 Å². The Kier molecular flexibility index (Phi) is 3.31. The molecule has 0 aromatic carbocycles. The van der Waals surface area contributed by atoms with Crippen LogP contribution in [0.5, 0.6) is 0 Å². The summed E-state index contributed by atoms with van der Waals surface area (Å²) in [6.07, 6.45) is 2.51. The third kappa shape index (κ3) is 2.46. The van der Waals surface area contributed by atoms with E-state index in [1.165, 1.54) is 23.4 Å². The molecule has 1 aliphatic rings. The number of rotatable bonds is 2. The van der Waals surface area contributed by atoms with E-state index in [1.807, 2.05) is 0 Å². The Bertz CT molecular complexity index is 499. The SMILES string of the molecule is Brc1csc(-c2cc(C3CCCNC3)[nH]n2)c1. The predicted molar refractivity (Wildman–Crippen MR) is 74.4 cm³/mol. The molecule has 2 aromatic rings. The van der Waals surface area contributed by atoms with Gasteiger partial charge in [-0.05, 0) is 47.4 Å². The molecule has 5 heteroatoms. The number of hydrogen-bond donors (Lipinski definition) is 2. The van der Waals surface area contributed by atoms with Crippen molar-refractivity contribution >= 4 is 27.3 Å². The van der Waals surface area contributed by atoms with Crippen molar-refractivity contribution in [2.45, 2.75) is 18.8 Å². The van der Waals surface area contributed by atoms with Crippen molar-refractivity contribution in [3.05, 3.63) is 27.7 Å². The number of piperidine rings is 1. The zero-order valence-electron chi connectivity index (χ0n) is 9.37. The van der Waals surface area contributed by atoms with Crippen LogP contribution in [-0.4, -0.2) is 23.3 Å². The van der Waals surface area contributed by atoms with Gasteiger partial charge in [-0.2, -0.15) is 5.10 Å². The van der Waals surface area contributed by atoms with Crippen molar-refractivity contribution in [1.29, 1.82) is 0 Å². The highest BCUT2D eigenvalue weighted by atomic mass is 79.9. The van der Waals surface area contributed by atoms with Gasteiger partial charge in [0.25, 0.3) is 0 Å². The average Bonchev–Trinajstić information content (AvgIpc) is 2.98. The first-order valence-electron chi connectivity index (χ1n) is 5.83. The Morgan fingerprint density at radius 3 is 3.06 bits per heavy atom. The molecule has 3 heterocycles. The minimum absolute atomic E-state index is 0.591. The minimum Gasteiger partial charge on any atom is -0.316 e. The van der Waals surface area contributed by atoms with E-state index in [2.05, 4.69) is 49.0 Å². The fourth-order valence-electron chi connectivity index (χ4n) is 2.24. The molecule has 3 nitrogen and oxygen atoms in total. The van der Waals surface area contributed by atoms with E-state index in [1.54, 1.807) is 11.3 Å². The second-order valence-electron chi connectivity index (χ2n) is 4.38. The molecule has 0 amide bonds. The van der Waals surface area contributed by atoms with Gasteiger partial charge < -0.3 is 5.32 Å². The monoisotopic (exact) mass is 311 g/mol. The molecule has 0 saturated carbocycles. The van der Waals surface area contributed by atoms with Crippen LogP contribution in [-0.2, 0) is 0 Å². The van der Waals surface area contributed by atoms with Crippen LogP contribution in [0.15, 0.2) is 22.0 Å². The quantitative estimate of drug-likeness (QED) is 0.892. The highest BCUT2D eigenvalue weighted by Gasteiger charge is 2.18. The molecule has 0 spiro atoms. The molecule has 1 aliphatic heterocycles. The molecule has 1 saturated heterocycles. The van der Waals surface area contributed by atoms with Gasteiger partial charge in [-0.25, -0.2) is 0 Å². The van der Waals surface area contributed by atoms with Crippen LogP contribution in [0.3, 0.4) is 0 Å². The van der Waals surface area contributed by atoms with E-state index in [9.17, 15) is 0 Å². The number of hydrogen-bond acceptors (Lipinski definition) is 3. The predicted octanol–water partition coefficient (Wildman–Crippen LogP) is 3.37. The standard InChI is InChI=1S/C12H14BrN3S/c13-9-4-12(17-7-9)11-5-10(15-16-11)8-2-1-3-14-6-8/h4-5,7-8,14H,1-3,6H2,(H,15,16). The number of H-pyrrole nitrogens is 1. The third-order valence-corrected chi connectivity index (χ3v) is 4.87.